The van der Waals surface area contributed by atoms with Crippen LogP contribution in [0.5, 0.6) is 0 Å². The number of amides is 1. The van der Waals surface area contributed by atoms with Crippen LogP contribution in [0.3, 0.4) is 0 Å². The molecule has 0 aromatic heterocycles. The van der Waals surface area contributed by atoms with Gasteiger partial charge in [-0.05, 0) is 18.5 Å². The number of carbonyl (C=O) groups excluding carboxylic acids is 2. The van der Waals surface area contributed by atoms with E-state index in [1.165, 1.54) is 6.92 Å². The van der Waals surface area contributed by atoms with E-state index in [0.29, 0.717) is 6.61 Å². The molecule has 1 fully saturated rings. The molecule has 1 saturated heterocycles. The predicted molar refractivity (Wildman–Crippen MR) is 97.0 cm³/mol. The molecule has 134 valence electrons. The number of hydrogen-bond acceptors (Lipinski definition) is 4. The molecule has 1 rings (SSSR count). The van der Waals surface area contributed by atoms with Gasteiger partial charge in [0.1, 0.15) is 0 Å². The number of rotatable bonds is 6. The minimum absolute atomic E-state index is 0.0434. The van der Waals surface area contributed by atoms with Gasteiger partial charge in [0.2, 0.25) is 5.91 Å². The lowest BCUT2D eigenvalue weighted by molar-refractivity contribution is -0.196. The molecule has 7 heteroatoms. The average molecular weight is 360 g/mol. The van der Waals surface area contributed by atoms with Crippen LogP contribution in [0.25, 0.3) is 0 Å². The van der Waals surface area contributed by atoms with Gasteiger partial charge in [-0.3, -0.25) is 9.59 Å². The maximum Gasteiger partial charge on any atom is 0.304 e. The van der Waals surface area contributed by atoms with E-state index in [9.17, 15) is 9.59 Å². The van der Waals surface area contributed by atoms with Crippen molar-refractivity contribution in [2.45, 2.75) is 66.7 Å². The highest BCUT2D eigenvalue weighted by Gasteiger charge is 2.58. The molecule has 0 spiro atoms. The number of ether oxygens (including phenoxy) is 1. The van der Waals surface area contributed by atoms with E-state index in [0.717, 1.165) is 0 Å². The van der Waals surface area contributed by atoms with E-state index in [1.807, 2.05) is 4.57 Å². The summed E-state index contributed by atoms with van der Waals surface area (Å²) < 4.78 is 13.3. The van der Waals surface area contributed by atoms with Crippen molar-refractivity contribution in [3.05, 3.63) is 0 Å². The summed E-state index contributed by atoms with van der Waals surface area (Å²) in [5.41, 5.74) is -0.0897. The SMILES string of the molecule is CC(=O)O[C@@H]1[C@@H]([C@@H](CO[SiH](C)C)C(C)(C)C)C(=O)N1[Si](C)(C)C. The summed E-state index contributed by atoms with van der Waals surface area (Å²) in [6.07, 6.45) is -0.437. The van der Waals surface area contributed by atoms with Gasteiger partial charge in [0.05, 0.1) is 5.92 Å². The normalized spacial score (nSPS) is 23.7. The van der Waals surface area contributed by atoms with Crippen molar-refractivity contribution < 1.29 is 18.8 Å². The summed E-state index contributed by atoms with van der Waals surface area (Å²) in [6.45, 7) is 18.9. The highest BCUT2D eigenvalue weighted by atomic mass is 28.3. The zero-order valence-corrected chi connectivity index (χ0v) is 18.3. The van der Waals surface area contributed by atoms with E-state index in [4.69, 9.17) is 9.16 Å². The number of esters is 1. The fourth-order valence-electron chi connectivity index (χ4n) is 3.05. The third-order valence-electron chi connectivity index (χ3n) is 4.25. The summed E-state index contributed by atoms with van der Waals surface area (Å²) in [6, 6.07) is 0. The summed E-state index contributed by atoms with van der Waals surface area (Å²) >= 11 is 0. The highest BCUT2D eigenvalue weighted by molar-refractivity contribution is 6.76. The molecule has 0 aromatic carbocycles. The Morgan fingerprint density at radius 2 is 1.83 bits per heavy atom. The van der Waals surface area contributed by atoms with E-state index in [2.05, 4.69) is 53.5 Å². The average Bonchev–Trinajstić information content (AvgIpc) is 2.29. The van der Waals surface area contributed by atoms with Crippen molar-refractivity contribution in [1.29, 1.82) is 0 Å². The van der Waals surface area contributed by atoms with E-state index >= 15 is 0 Å². The zero-order valence-electron chi connectivity index (χ0n) is 16.1. The molecule has 0 aliphatic carbocycles. The Morgan fingerprint density at radius 3 is 2.17 bits per heavy atom. The van der Waals surface area contributed by atoms with Gasteiger partial charge in [-0.1, -0.05) is 40.4 Å². The third kappa shape index (κ3) is 4.90. The number of nitrogens with zero attached hydrogens (tertiary/aromatic N) is 1. The Labute approximate surface area is 143 Å². The van der Waals surface area contributed by atoms with Gasteiger partial charge in [-0.15, -0.1) is 0 Å². The van der Waals surface area contributed by atoms with Crippen LogP contribution in [0.15, 0.2) is 0 Å². The van der Waals surface area contributed by atoms with Crippen LogP contribution in [0.4, 0.5) is 0 Å². The molecule has 0 unspecified atom stereocenters. The van der Waals surface area contributed by atoms with Crippen LogP contribution in [0, 0.1) is 17.3 Å². The van der Waals surface area contributed by atoms with E-state index < -0.39 is 23.5 Å². The molecule has 1 amide bonds. The fraction of sp³-hybridized carbons (Fsp3) is 0.875. The Bertz CT molecular complexity index is 454. The summed E-state index contributed by atoms with van der Waals surface area (Å²) in [4.78, 5) is 24.4. The highest BCUT2D eigenvalue weighted by Crippen LogP contribution is 2.44. The number of β-lactam (4-membered cyclic amide) rings is 1. The fourth-order valence-corrected chi connectivity index (χ4v) is 5.43. The topological polar surface area (TPSA) is 55.8 Å². The lowest BCUT2D eigenvalue weighted by Gasteiger charge is -2.56. The summed E-state index contributed by atoms with van der Waals surface area (Å²) in [5.74, 6) is -0.466. The maximum atomic E-state index is 12.9. The Morgan fingerprint density at radius 1 is 1.30 bits per heavy atom. The Hall–Kier alpha value is -0.666. The van der Waals surface area contributed by atoms with Crippen molar-refractivity contribution in [3.8, 4) is 0 Å². The minimum Gasteiger partial charge on any atom is -0.442 e. The molecule has 0 aromatic rings. The molecular weight excluding hydrogens is 326 g/mol. The molecule has 0 N–H and O–H groups in total. The molecule has 1 aliphatic heterocycles. The largest absolute Gasteiger partial charge is 0.442 e. The second-order valence-electron chi connectivity index (χ2n) is 8.76. The van der Waals surface area contributed by atoms with Gasteiger partial charge >= 0.3 is 5.97 Å². The van der Waals surface area contributed by atoms with Crippen LogP contribution in [0.1, 0.15) is 27.7 Å². The maximum absolute atomic E-state index is 12.9. The first-order valence-corrected chi connectivity index (χ1v) is 14.6. The smallest absolute Gasteiger partial charge is 0.304 e. The second kappa shape index (κ2) is 7.07. The minimum atomic E-state index is -1.88. The van der Waals surface area contributed by atoms with Crippen LogP contribution in [0.2, 0.25) is 32.7 Å². The first-order valence-electron chi connectivity index (χ1n) is 8.38. The van der Waals surface area contributed by atoms with Crippen LogP contribution in [-0.4, -0.2) is 46.6 Å². The lowest BCUT2D eigenvalue weighted by atomic mass is 9.70. The van der Waals surface area contributed by atoms with Crippen molar-refractivity contribution in [1.82, 2.24) is 4.57 Å². The Kier molecular flexibility index (Phi) is 6.26. The first-order chi connectivity index (χ1) is 10.3. The monoisotopic (exact) mass is 359 g/mol. The van der Waals surface area contributed by atoms with Gasteiger partial charge in [0, 0.05) is 19.4 Å². The standard InChI is InChI=1S/C16H33NO4Si2/c1-11(18)21-15-13(14(19)17(15)23(7,8)9)12(16(2,3)4)10-20-22(5)6/h12-13,15,22H,10H2,1-9H3/t12-,13+,15-/m1/s1. The number of carbonyl (C=O) groups is 2. The van der Waals surface area contributed by atoms with Crippen molar-refractivity contribution in [2.75, 3.05) is 6.61 Å². The molecule has 0 radical (unpaired) electrons. The van der Waals surface area contributed by atoms with Gasteiger partial charge in [0.25, 0.3) is 0 Å². The van der Waals surface area contributed by atoms with Crippen LogP contribution >= 0.6 is 0 Å². The Balaban J connectivity index is 3.08. The summed E-state index contributed by atoms with van der Waals surface area (Å²) in [7, 11) is -3.05. The molecule has 3 atom stereocenters. The van der Waals surface area contributed by atoms with Gasteiger partial charge in [-0.2, -0.15) is 0 Å². The van der Waals surface area contributed by atoms with E-state index in [-0.39, 0.29) is 29.1 Å². The molecule has 0 saturated carbocycles. The first kappa shape index (κ1) is 20.4. The molecule has 5 nitrogen and oxygen atoms in total. The van der Waals surface area contributed by atoms with E-state index in [1.54, 1.807) is 0 Å². The van der Waals surface area contributed by atoms with Crippen molar-refractivity contribution in [2.24, 2.45) is 17.3 Å². The zero-order chi connectivity index (χ0) is 18.2. The van der Waals surface area contributed by atoms with Gasteiger partial charge < -0.3 is 13.7 Å². The third-order valence-corrected chi connectivity index (χ3v) is 7.03. The molecule has 23 heavy (non-hydrogen) atoms. The molecular formula is C16H33NO4Si2. The van der Waals surface area contributed by atoms with Gasteiger partial charge in [-0.25, -0.2) is 0 Å². The van der Waals surface area contributed by atoms with Gasteiger partial charge in [0.15, 0.2) is 23.5 Å². The van der Waals surface area contributed by atoms with Crippen molar-refractivity contribution in [3.63, 3.8) is 0 Å². The molecule has 0 bridgehead atoms. The summed E-state index contributed by atoms with van der Waals surface area (Å²) in [5, 5.41) is 0. The number of hydrogen-bond donors (Lipinski definition) is 0. The van der Waals surface area contributed by atoms with Crippen LogP contribution in [-0.2, 0) is 18.8 Å². The quantitative estimate of drug-likeness (QED) is 0.416. The second-order valence-corrected chi connectivity index (χ2v) is 16.0. The van der Waals surface area contributed by atoms with Crippen LogP contribution < -0.4 is 0 Å². The molecule has 1 aliphatic rings. The molecule has 1 heterocycles. The van der Waals surface area contributed by atoms with Crippen molar-refractivity contribution >= 4 is 29.2 Å². The predicted octanol–water partition coefficient (Wildman–Crippen LogP) is 2.83. The lowest BCUT2D eigenvalue weighted by Crippen LogP contribution is -2.73.